The molecule has 1 aliphatic heterocycles. The van der Waals surface area contributed by atoms with Crippen LogP contribution in [-0.4, -0.2) is 55.4 Å². The number of hydrogen-bond donors (Lipinski definition) is 1. The Hall–Kier alpha value is -1.01. The van der Waals surface area contributed by atoms with Crippen molar-refractivity contribution < 1.29 is 5.11 Å². The first-order valence-corrected chi connectivity index (χ1v) is 5.14. The van der Waals surface area contributed by atoms with Gasteiger partial charge in [0.1, 0.15) is 0 Å². The highest BCUT2D eigenvalue weighted by Crippen LogP contribution is 2.27. The van der Waals surface area contributed by atoms with Crippen LogP contribution in [0, 0.1) is 0 Å². The van der Waals surface area contributed by atoms with Crippen LogP contribution in [0.1, 0.15) is 19.2 Å². The molecular formula is C9H17N5O. The van der Waals surface area contributed by atoms with Crippen molar-refractivity contribution in [2.24, 2.45) is 7.05 Å². The summed E-state index contributed by atoms with van der Waals surface area (Å²) in [5.41, 5.74) is -0.697. The molecule has 1 saturated heterocycles. The minimum absolute atomic E-state index is 0.409. The van der Waals surface area contributed by atoms with Gasteiger partial charge in [0.2, 0.25) is 0 Å². The Morgan fingerprint density at radius 3 is 2.73 bits per heavy atom. The zero-order valence-electron chi connectivity index (χ0n) is 9.38. The van der Waals surface area contributed by atoms with E-state index < -0.39 is 5.60 Å². The predicted molar refractivity (Wildman–Crippen MR) is 54.2 cm³/mol. The quantitative estimate of drug-likeness (QED) is 0.694. The summed E-state index contributed by atoms with van der Waals surface area (Å²) in [5, 5.41) is 22.1. The lowest BCUT2D eigenvalue weighted by atomic mass is 9.96. The first-order chi connectivity index (χ1) is 6.98. The molecule has 84 valence electrons. The molecule has 2 heterocycles. The van der Waals surface area contributed by atoms with Gasteiger partial charge in [-0.15, -0.1) is 10.2 Å². The molecule has 0 aliphatic carbocycles. The molecule has 1 aliphatic rings. The molecule has 15 heavy (non-hydrogen) atoms. The van der Waals surface area contributed by atoms with Crippen LogP contribution in [0.3, 0.4) is 0 Å². The van der Waals surface area contributed by atoms with Crippen LogP contribution in [0.2, 0.25) is 0 Å². The van der Waals surface area contributed by atoms with Crippen LogP contribution in [-0.2, 0) is 13.5 Å². The summed E-state index contributed by atoms with van der Waals surface area (Å²) in [6.07, 6.45) is 1.25. The number of aromatic nitrogens is 4. The molecular weight excluding hydrogens is 194 g/mol. The summed E-state index contributed by atoms with van der Waals surface area (Å²) >= 11 is 0. The first-order valence-electron chi connectivity index (χ1n) is 5.14. The normalized spacial score (nSPS) is 32.4. The lowest BCUT2D eigenvalue weighted by molar-refractivity contribution is 0.0500. The number of likely N-dealkylation sites (N-methyl/N-ethyl adjacent to an activating group) is 1. The zero-order valence-corrected chi connectivity index (χ0v) is 9.38. The van der Waals surface area contributed by atoms with Gasteiger partial charge in [-0.3, -0.25) is 0 Å². The number of aliphatic hydroxyl groups is 1. The highest BCUT2D eigenvalue weighted by Gasteiger charge is 2.39. The monoisotopic (exact) mass is 211 g/mol. The number of tetrazole rings is 1. The third kappa shape index (κ3) is 2.15. The van der Waals surface area contributed by atoms with Gasteiger partial charge >= 0.3 is 0 Å². The number of rotatable bonds is 2. The van der Waals surface area contributed by atoms with E-state index in [0.29, 0.717) is 24.8 Å². The van der Waals surface area contributed by atoms with Gasteiger partial charge in [-0.1, -0.05) is 0 Å². The van der Waals surface area contributed by atoms with Gasteiger partial charge in [0.05, 0.1) is 12.6 Å². The van der Waals surface area contributed by atoms with E-state index in [1.54, 1.807) is 7.05 Å². The van der Waals surface area contributed by atoms with Crippen molar-refractivity contribution in [2.45, 2.75) is 31.4 Å². The molecule has 2 rings (SSSR count). The standard InChI is InChI=1S/C9H17N5O/c1-7-4-9(15,6-13(7)2)5-8-10-12-14(3)11-8/h7,15H,4-6H2,1-3H3. The maximum absolute atomic E-state index is 10.3. The number of β-amino-alcohol motifs (C(OH)–C–C–N with tert-alkyl or cyclic N) is 1. The van der Waals surface area contributed by atoms with E-state index in [2.05, 4.69) is 27.2 Å². The Kier molecular flexibility index (Phi) is 2.47. The first kappa shape index (κ1) is 10.5. The summed E-state index contributed by atoms with van der Waals surface area (Å²) in [6.45, 7) is 2.79. The molecule has 1 N–H and O–H groups in total. The van der Waals surface area contributed by atoms with Gasteiger partial charge in [0.15, 0.2) is 5.82 Å². The van der Waals surface area contributed by atoms with Crippen molar-refractivity contribution in [2.75, 3.05) is 13.6 Å². The molecule has 0 radical (unpaired) electrons. The fourth-order valence-electron chi connectivity index (χ4n) is 2.21. The van der Waals surface area contributed by atoms with Crippen molar-refractivity contribution in [1.82, 2.24) is 25.1 Å². The average molecular weight is 211 g/mol. The lowest BCUT2D eigenvalue weighted by Gasteiger charge is -2.19. The highest BCUT2D eigenvalue weighted by atomic mass is 16.3. The third-order valence-corrected chi connectivity index (χ3v) is 3.01. The molecule has 0 spiro atoms. The Morgan fingerprint density at radius 1 is 1.53 bits per heavy atom. The Labute approximate surface area is 88.9 Å². The molecule has 0 bridgehead atoms. The Balaban J connectivity index is 2.06. The van der Waals surface area contributed by atoms with Gasteiger partial charge in [-0.2, -0.15) is 4.80 Å². The summed E-state index contributed by atoms with van der Waals surface area (Å²) in [5.74, 6) is 0.613. The van der Waals surface area contributed by atoms with Crippen molar-refractivity contribution in [3.05, 3.63) is 5.82 Å². The maximum Gasteiger partial charge on any atom is 0.177 e. The van der Waals surface area contributed by atoms with Gasteiger partial charge in [-0.05, 0) is 25.6 Å². The van der Waals surface area contributed by atoms with E-state index in [1.165, 1.54) is 4.80 Å². The van der Waals surface area contributed by atoms with Crippen molar-refractivity contribution in [1.29, 1.82) is 0 Å². The van der Waals surface area contributed by atoms with E-state index in [0.717, 1.165) is 6.42 Å². The van der Waals surface area contributed by atoms with Gasteiger partial charge in [0, 0.05) is 19.0 Å². The minimum atomic E-state index is -0.697. The van der Waals surface area contributed by atoms with Crippen LogP contribution in [0.4, 0.5) is 0 Å². The fraction of sp³-hybridized carbons (Fsp3) is 0.889. The van der Waals surface area contributed by atoms with Gasteiger partial charge < -0.3 is 10.0 Å². The Bertz CT molecular complexity index is 340. The smallest absolute Gasteiger partial charge is 0.177 e. The van der Waals surface area contributed by atoms with Crippen molar-refractivity contribution in [3.8, 4) is 0 Å². The maximum atomic E-state index is 10.3. The molecule has 1 fully saturated rings. The lowest BCUT2D eigenvalue weighted by Crippen LogP contribution is -2.34. The second-order valence-electron chi connectivity index (χ2n) is 4.56. The van der Waals surface area contributed by atoms with E-state index in [9.17, 15) is 5.11 Å². The topological polar surface area (TPSA) is 67.1 Å². The van der Waals surface area contributed by atoms with Crippen molar-refractivity contribution >= 4 is 0 Å². The molecule has 6 heteroatoms. The SMILES string of the molecule is CC1CC(O)(Cc2nnn(C)n2)CN1C. The predicted octanol–water partition coefficient (Wildman–Crippen LogP) is -0.792. The summed E-state index contributed by atoms with van der Waals surface area (Å²) in [6, 6.07) is 0.409. The second kappa shape index (κ2) is 3.53. The number of hydrogen-bond acceptors (Lipinski definition) is 5. The summed E-state index contributed by atoms with van der Waals surface area (Å²) < 4.78 is 0. The molecule has 0 saturated carbocycles. The van der Waals surface area contributed by atoms with Gasteiger partial charge in [0.25, 0.3) is 0 Å². The number of aryl methyl sites for hydroxylation is 1. The largest absolute Gasteiger partial charge is 0.388 e. The fourth-order valence-corrected chi connectivity index (χ4v) is 2.21. The average Bonchev–Trinajstić information content (AvgIpc) is 2.59. The number of nitrogens with zero attached hydrogens (tertiary/aromatic N) is 5. The van der Waals surface area contributed by atoms with Crippen LogP contribution in [0.15, 0.2) is 0 Å². The van der Waals surface area contributed by atoms with Crippen LogP contribution >= 0.6 is 0 Å². The van der Waals surface area contributed by atoms with E-state index >= 15 is 0 Å². The molecule has 2 unspecified atom stereocenters. The summed E-state index contributed by atoms with van der Waals surface area (Å²) in [4.78, 5) is 3.57. The number of likely N-dealkylation sites (tertiary alicyclic amines) is 1. The minimum Gasteiger partial charge on any atom is -0.388 e. The van der Waals surface area contributed by atoms with Crippen LogP contribution in [0.5, 0.6) is 0 Å². The van der Waals surface area contributed by atoms with Crippen LogP contribution in [0.25, 0.3) is 0 Å². The molecule has 0 aromatic carbocycles. The van der Waals surface area contributed by atoms with E-state index in [-0.39, 0.29) is 0 Å². The van der Waals surface area contributed by atoms with E-state index in [1.807, 2.05) is 7.05 Å². The molecule has 1 aromatic heterocycles. The highest BCUT2D eigenvalue weighted by molar-refractivity contribution is 4.99. The van der Waals surface area contributed by atoms with Gasteiger partial charge in [-0.25, -0.2) is 0 Å². The molecule has 0 amide bonds. The molecule has 6 nitrogen and oxygen atoms in total. The van der Waals surface area contributed by atoms with Crippen LogP contribution < -0.4 is 0 Å². The summed E-state index contributed by atoms with van der Waals surface area (Å²) in [7, 11) is 3.75. The van der Waals surface area contributed by atoms with Crippen molar-refractivity contribution in [3.63, 3.8) is 0 Å². The third-order valence-electron chi connectivity index (χ3n) is 3.01. The zero-order chi connectivity index (χ0) is 11.1. The molecule has 1 aromatic rings. The van der Waals surface area contributed by atoms with E-state index in [4.69, 9.17) is 0 Å². The molecule has 2 atom stereocenters. The Morgan fingerprint density at radius 2 is 2.27 bits per heavy atom. The second-order valence-corrected chi connectivity index (χ2v) is 4.56.